The number of benzene rings is 2. The predicted octanol–water partition coefficient (Wildman–Crippen LogP) is 2.70. The van der Waals surface area contributed by atoms with Crippen molar-refractivity contribution in [3.63, 3.8) is 0 Å². The molecule has 1 aliphatic rings. The molecule has 0 spiro atoms. The minimum absolute atomic E-state index is 0.0197. The number of nitrogens with two attached hydrogens (primary N) is 2. The number of carbonyl (C=O) groups excluding carboxylic acids is 2. The average Bonchev–Trinajstić information content (AvgIpc) is 3.54. The van der Waals surface area contributed by atoms with Crippen LogP contribution in [0.4, 0.5) is 15.8 Å². The second kappa shape index (κ2) is 9.09. The third kappa shape index (κ3) is 5.35. The molecular weight excluding hydrogens is 385 g/mol. The lowest BCUT2D eigenvalue weighted by atomic mass is 10.1. The SMILES string of the molecule is N#Cc1cc(F)c(N[C@H](CC2CC2)C(N)=O)cc1NC(=O)C=C(N)c1ccccc1. The van der Waals surface area contributed by atoms with Crippen molar-refractivity contribution >= 4 is 28.9 Å². The smallest absolute Gasteiger partial charge is 0.250 e. The van der Waals surface area contributed by atoms with Gasteiger partial charge >= 0.3 is 0 Å². The highest BCUT2D eigenvalue weighted by Gasteiger charge is 2.29. The zero-order chi connectivity index (χ0) is 21.7. The van der Waals surface area contributed by atoms with Gasteiger partial charge in [-0.25, -0.2) is 4.39 Å². The number of nitrogens with zero attached hydrogens (tertiary/aromatic N) is 1. The van der Waals surface area contributed by atoms with E-state index in [0.717, 1.165) is 18.9 Å². The van der Waals surface area contributed by atoms with Crippen molar-refractivity contribution < 1.29 is 14.0 Å². The lowest BCUT2D eigenvalue weighted by Crippen LogP contribution is -2.36. The molecule has 1 saturated carbocycles. The monoisotopic (exact) mass is 407 g/mol. The number of carbonyl (C=O) groups is 2. The zero-order valence-electron chi connectivity index (χ0n) is 16.2. The van der Waals surface area contributed by atoms with Crippen molar-refractivity contribution in [2.24, 2.45) is 17.4 Å². The van der Waals surface area contributed by atoms with Crippen molar-refractivity contribution in [3.05, 3.63) is 65.5 Å². The van der Waals surface area contributed by atoms with E-state index < -0.39 is 23.7 Å². The van der Waals surface area contributed by atoms with E-state index in [1.165, 1.54) is 12.1 Å². The minimum atomic E-state index is -0.739. The Balaban J connectivity index is 1.81. The third-order valence-corrected chi connectivity index (χ3v) is 4.82. The Morgan fingerprint density at radius 2 is 1.90 bits per heavy atom. The molecule has 0 unspecified atom stereocenters. The summed E-state index contributed by atoms with van der Waals surface area (Å²) >= 11 is 0. The van der Waals surface area contributed by atoms with E-state index in [4.69, 9.17) is 11.5 Å². The summed E-state index contributed by atoms with van der Waals surface area (Å²) in [7, 11) is 0. The molecule has 2 aromatic rings. The molecule has 0 radical (unpaired) electrons. The van der Waals surface area contributed by atoms with E-state index >= 15 is 0 Å². The molecule has 154 valence electrons. The van der Waals surface area contributed by atoms with Gasteiger partial charge in [0.25, 0.3) is 0 Å². The molecule has 0 saturated heterocycles. The van der Waals surface area contributed by atoms with Gasteiger partial charge in [-0.2, -0.15) is 5.26 Å². The van der Waals surface area contributed by atoms with Crippen molar-refractivity contribution in [2.75, 3.05) is 10.6 Å². The number of nitriles is 1. The summed E-state index contributed by atoms with van der Waals surface area (Å²) in [4.78, 5) is 24.1. The topological polar surface area (TPSA) is 134 Å². The molecule has 0 heterocycles. The summed E-state index contributed by atoms with van der Waals surface area (Å²) in [6.45, 7) is 0. The first kappa shape index (κ1) is 20.9. The second-order valence-electron chi connectivity index (χ2n) is 7.22. The van der Waals surface area contributed by atoms with Crippen LogP contribution in [0.15, 0.2) is 48.5 Å². The van der Waals surface area contributed by atoms with Gasteiger partial charge in [-0.05, 0) is 30.0 Å². The fourth-order valence-corrected chi connectivity index (χ4v) is 3.02. The molecule has 0 aromatic heterocycles. The first-order valence-electron chi connectivity index (χ1n) is 9.50. The summed E-state index contributed by atoms with van der Waals surface area (Å²) in [5, 5.41) is 14.6. The van der Waals surface area contributed by atoms with Gasteiger partial charge in [0.05, 0.1) is 16.9 Å². The number of hydrogen-bond donors (Lipinski definition) is 4. The molecule has 1 fully saturated rings. The van der Waals surface area contributed by atoms with Gasteiger partial charge in [-0.1, -0.05) is 43.2 Å². The number of nitrogens with one attached hydrogen (secondary N) is 2. The average molecular weight is 407 g/mol. The maximum Gasteiger partial charge on any atom is 0.250 e. The molecule has 30 heavy (non-hydrogen) atoms. The standard InChI is InChI=1S/C22H22FN5O2/c23-16-9-15(12-24)18(11-19(16)27-20(22(26)30)8-13-6-7-13)28-21(29)10-17(25)14-4-2-1-3-5-14/h1-5,9-11,13,20,27H,6-8,25H2,(H2,26,30)(H,28,29)/t20-/m1/s1. The Hall–Kier alpha value is -3.86. The highest BCUT2D eigenvalue weighted by Crippen LogP contribution is 2.34. The molecule has 3 rings (SSSR count). The van der Waals surface area contributed by atoms with Crippen LogP contribution in [-0.2, 0) is 9.59 Å². The van der Waals surface area contributed by atoms with Gasteiger partial charge in [0.15, 0.2) is 0 Å². The van der Waals surface area contributed by atoms with E-state index in [-0.39, 0.29) is 22.6 Å². The van der Waals surface area contributed by atoms with Gasteiger partial charge in [0.2, 0.25) is 11.8 Å². The van der Waals surface area contributed by atoms with Crippen molar-refractivity contribution in [1.29, 1.82) is 5.26 Å². The summed E-state index contributed by atoms with van der Waals surface area (Å²) in [5.41, 5.74) is 12.3. The van der Waals surface area contributed by atoms with E-state index in [2.05, 4.69) is 10.6 Å². The first-order chi connectivity index (χ1) is 14.4. The maximum atomic E-state index is 14.5. The highest BCUT2D eigenvalue weighted by atomic mass is 19.1. The van der Waals surface area contributed by atoms with Crippen LogP contribution < -0.4 is 22.1 Å². The Bertz CT molecular complexity index is 1030. The number of anilines is 2. The largest absolute Gasteiger partial charge is 0.398 e. The number of rotatable bonds is 8. The molecule has 0 bridgehead atoms. The van der Waals surface area contributed by atoms with Crippen LogP contribution in [0.1, 0.15) is 30.4 Å². The van der Waals surface area contributed by atoms with Gasteiger partial charge < -0.3 is 22.1 Å². The first-order valence-corrected chi connectivity index (χ1v) is 9.50. The Kier molecular flexibility index (Phi) is 6.32. The van der Waals surface area contributed by atoms with Crippen molar-refractivity contribution in [1.82, 2.24) is 0 Å². The van der Waals surface area contributed by atoms with E-state index in [0.29, 0.717) is 17.9 Å². The number of halogens is 1. The molecule has 2 amide bonds. The summed E-state index contributed by atoms with van der Waals surface area (Å²) < 4.78 is 14.5. The molecule has 7 nitrogen and oxygen atoms in total. The van der Waals surface area contributed by atoms with Crippen LogP contribution in [0.3, 0.4) is 0 Å². The number of amides is 2. The van der Waals surface area contributed by atoms with Crippen LogP contribution in [0.2, 0.25) is 0 Å². The summed E-state index contributed by atoms with van der Waals surface area (Å²) in [5.74, 6) is -1.49. The lowest BCUT2D eigenvalue weighted by molar-refractivity contribution is -0.119. The van der Waals surface area contributed by atoms with Gasteiger partial charge in [-0.15, -0.1) is 0 Å². The van der Waals surface area contributed by atoms with Crippen molar-refractivity contribution in [3.8, 4) is 6.07 Å². The summed E-state index contributed by atoms with van der Waals surface area (Å²) in [6.07, 6.45) is 3.72. The zero-order valence-corrected chi connectivity index (χ0v) is 16.2. The summed E-state index contributed by atoms with van der Waals surface area (Å²) in [6, 6.07) is 12.3. The molecule has 8 heteroatoms. The third-order valence-electron chi connectivity index (χ3n) is 4.82. The lowest BCUT2D eigenvalue weighted by Gasteiger charge is -2.18. The second-order valence-corrected chi connectivity index (χ2v) is 7.22. The van der Waals surface area contributed by atoms with Crippen LogP contribution in [0.5, 0.6) is 0 Å². The minimum Gasteiger partial charge on any atom is -0.398 e. The highest BCUT2D eigenvalue weighted by molar-refractivity contribution is 6.04. The molecule has 2 aromatic carbocycles. The van der Waals surface area contributed by atoms with Gasteiger partial charge in [0, 0.05) is 11.8 Å². The van der Waals surface area contributed by atoms with Gasteiger partial charge in [0.1, 0.15) is 17.9 Å². The Morgan fingerprint density at radius 1 is 1.20 bits per heavy atom. The van der Waals surface area contributed by atoms with Crippen LogP contribution >= 0.6 is 0 Å². The molecule has 1 atom stereocenters. The fourth-order valence-electron chi connectivity index (χ4n) is 3.02. The Morgan fingerprint density at radius 3 is 2.50 bits per heavy atom. The molecule has 6 N–H and O–H groups in total. The predicted molar refractivity (Wildman–Crippen MR) is 112 cm³/mol. The van der Waals surface area contributed by atoms with Crippen LogP contribution in [0.25, 0.3) is 5.70 Å². The fraction of sp³-hybridized carbons (Fsp3) is 0.227. The number of hydrogen-bond acceptors (Lipinski definition) is 5. The van der Waals surface area contributed by atoms with E-state index in [9.17, 15) is 19.2 Å². The van der Waals surface area contributed by atoms with Crippen molar-refractivity contribution in [2.45, 2.75) is 25.3 Å². The van der Waals surface area contributed by atoms with Crippen LogP contribution in [0, 0.1) is 23.1 Å². The molecule has 0 aliphatic heterocycles. The van der Waals surface area contributed by atoms with E-state index in [1.807, 2.05) is 12.1 Å². The normalized spacial score (nSPS) is 14.5. The quantitative estimate of drug-likeness (QED) is 0.499. The van der Waals surface area contributed by atoms with E-state index in [1.54, 1.807) is 24.3 Å². The molecule has 1 aliphatic carbocycles. The molecular formula is C22H22FN5O2. The van der Waals surface area contributed by atoms with Gasteiger partial charge in [-0.3, -0.25) is 9.59 Å². The number of primary amides is 1. The Labute approximate surface area is 173 Å². The van der Waals surface area contributed by atoms with Crippen LogP contribution in [-0.4, -0.2) is 17.9 Å². The maximum absolute atomic E-state index is 14.5.